The predicted octanol–water partition coefficient (Wildman–Crippen LogP) is 3.99. The highest BCUT2D eigenvalue weighted by atomic mass is 32.1. The van der Waals surface area contributed by atoms with Gasteiger partial charge in [0, 0.05) is 5.54 Å². The molecule has 2 aromatic rings. The summed E-state index contributed by atoms with van der Waals surface area (Å²) in [7, 11) is 0. The second-order valence-electron chi connectivity index (χ2n) is 5.08. The minimum Gasteiger partial charge on any atom is -0.364 e. The van der Waals surface area contributed by atoms with Gasteiger partial charge >= 0.3 is 0 Å². The fraction of sp³-hybridized carbons (Fsp3) is 0.538. The Morgan fingerprint density at radius 2 is 2.12 bits per heavy atom. The molecule has 4 heteroatoms. The SMILES string of the molecule is CCCC(C)(C)Nc1ncnc2c(C)csc12. The maximum Gasteiger partial charge on any atom is 0.147 e. The van der Waals surface area contributed by atoms with Crippen LogP contribution >= 0.6 is 11.3 Å². The molecule has 0 aliphatic rings. The van der Waals surface area contributed by atoms with Gasteiger partial charge in [-0.2, -0.15) is 0 Å². The lowest BCUT2D eigenvalue weighted by atomic mass is 9.99. The quantitative estimate of drug-likeness (QED) is 0.890. The molecule has 0 atom stereocenters. The number of nitrogens with zero attached hydrogens (tertiary/aromatic N) is 2. The number of aromatic nitrogens is 2. The van der Waals surface area contributed by atoms with Gasteiger partial charge in [0.05, 0.1) is 10.2 Å². The van der Waals surface area contributed by atoms with Gasteiger partial charge in [-0.25, -0.2) is 9.97 Å². The Balaban J connectivity index is 2.36. The molecule has 0 spiro atoms. The number of hydrogen-bond donors (Lipinski definition) is 1. The molecule has 2 rings (SSSR count). The fourth-order valence-electron chi connectivity index (χ4n) is 2.07. The summed E-state index contributed by atoms with van der Waals surface area (Å²) in [5.41, 5.74) is 2.37. The van der Waals surface area contributed by atoms with E-state index in [1.54, 1.807) is 17.7 Å². The van der Waals surface area contributed by atoms with E-state index in [4.69, 9.17) is 0 Å². The molecule has 92 valence electrons. The van der Waals surface area contributed by atoms with E-state index in [2.05, 4.69) is 48.4 Å². The molecule has 2 aromatic heterocycles. The van der Waals surface area contributed by atoms with E-state index in [1.165, 1.54) is 5.56 Å². The van der Waals surface area contributed by atoms with Gasteiger partial charge in [0.15, 0.2) is 0 Å². The number of fused-ring (bicyclic) bond motifs is 1. The summed E-state index contributed by atoms with van der Waals surface area (Å²) >= 11 is 1.71. The van der Waals surface area contributed by atoms with Crippen LogP contribution in [0.5, 0.6) is 0 Å². The first-order valence-corrected chi connectivity index (χ1v) is 6.88. The van der Waals surface area contributed by atoms with Crippen LogP contribution in [0.25, 0.3) is 10.2 Å². The van der Waals surface area contributed by atoms with Crippen LogP contribution in [-0.2, 0) is 0 Å². The molecule has 0 amide bonds. The Kier molecular flexibility index (Phi) is 3.33. The van der Waals surface area contributed by atoms with Crippen molar-refractivity contribution in [3.05, 3.63) is 17.3 Å². The summed E-state index contributed by atoms with van der Waals surface area (Å²) in [5, 5.41) is 5.67. The van der Waals surface area contributed by atoms with E-state index in [9.17, 15) is 0 Å². The van der Waals surface area contributed by atoms with E-state index in [0.717, 1.165) is 28.9 Å². The Labute approximate surface area is 106 Å². The summed E-state index contributed by atoms with van der Waals surface area (Å²) < 4.78 is 1.16. The monoisotopic (exact) mass is 249 g/mol. The van der Waals surface area contributed by atoms with Gasteiger partial charge < -0.3 is 5.32 Å². The summed E-state index contributed by atoms with van der Waals surface area (Å²) in [5.74, 6) is 0.964. The van der Waals surface area contributed by atoms with Crippen molar-refractivity contribution in [3.8, 4) is 0 Å². The molecule has 0 aromatic carbocycles. The second kappa shape index (κ2) is 4.61. The van der Waals surface area contributed by atoms with Crippen molar-refractivity contribution in [1.29, 1.82) is 0 Å². The van der Waals surface area contributed by atoms with E-state index in [1.807, 2.05) is 0 Å². The van der Waals surface area contributed by atoms with Crippen LogP contribution in [0.1, 0.15) is 39.2 Å². The Hall–Kier alpha value is -1.16. The average Bonchev–Trinajstić information content (AvgIpc) is 2.61. The van der Waals surface area contributed by atoms with E-state index < -0.39 is 0 Å². The smallest absolute Gasteiger partial charge is 0.147 e. The Morgan fingerprint density at radius 3 is 2.82 bits per heavy atom. The molecule has 0 saturated heterocycles. The highest BCUT2D eigenvalue weighted by Gasteiger charge is 2.18. The molecule has 0 radical (unpaired) electrons. The van der Waals surface area contributed by atoms with Gasteiger partial charge in [0.2, 0.25) is 0 Å². The first-order chi connectivity index (χ1) is 8.03. The first-order valence-electron chi connectivity index (χ1n) is 6.00. The molecule has 3 nitrogen and oxygen atoms in total. The van der Waals surface area contributed by atoms with Crippen LogP contribution < -0.4 is 5.32 Å². The molecule has 0 aliphatic carbocycles. The molecule has 0 aliphatic heterocycles. The lowest BCUT2D eigenvalue weighted by molar-refractivity contribution is 0.509. The summed E-state index contributed by atoms with van der Waals surface area (Å²) in [6.07, 6.45) is 3.94. The van der Waals surface area contributed by atoms with Gasteiger partial charge in [0.1, 0.15) is 12.1 Å². The largest absolute Gasteiger partial charge is 0.364 e. The van der Waals surface area contributed by atoms with Crippen LogP contribution in [0, 0.1) is 6.92 Å². The molecular weight excluding hydrogens is 230 g/mol. The van der Waals surface area contributed by atoms with Gasteiger partial charge in [-0.05, 0) is 38.1 Å². The number of hydrogen-bond acceptors (Lipinski definition) is 4. The van der Waals surface area contributed by atoms with Gasteiger partial charge in [-0.15, -0.1) is 11.3 Å². The lowest BCUT2D eigenvalue weighted by Crippen LogP contribution is -2.30. The van der Waals surface area contributed by atoms with Gasteiger partial charge in [0.25, 0.3) is 0 Å². The summed E-state index contributed by atoms with van der Waals surface area (Å²) in [6, 6.07) is 0. The van der Waals surface area contributed by atoms with E-state index >= 15 is 0 Å². The minimum absolute atomic E-state index is 0.0773. The molecule has 17 heavy (non-hydrogen) atoms. The number of nitrogens with one attached hydrogen (secondary N) is 1. The van der Waals surface area contributed by atoms with Crippen LogP contribution in [0.4, 0.5) is 5.82 Å². The van der Waals surface area contributed by atoms with Gasteiger partial charge in [-0.1, -0.05) is 13.3 Å². The van der Waals surface area contributed by atoms with Crippen LogP contribution in [-0.4, -0.2) is 15.5 Å². The molecule has 0 saturated carbocycles. The first kappa shape index (κ1) is 12.3. The molecular formula is C13H19N3S. The predicted molar refractivity (Wildman–Crippen MR) is 74.8 cm³/mol. The molecule has 0 fully saturated rings. The topological polar surface area (TPSA) is 37.8 Å². The number of anilines is 1. The fourth-order valence-corrected chi connectivity index (χ4v) is 3.01. The number of thiophene rings is 1. The van der Waals surface area contributed by atoms with Crippen molar-refractivity contribution < 1.29 is 0 Å². The third-order valence-corrected chi connectivity index (χ3v) is 3.96. The summed E-state index contributed by atoms with van der Waals surface area (Å²) in [4.78, 5) is 8.71. The van der Waals surface area contributed by atoms with Crippen molar-refractivity contribution in [2.45, 2.75) is 46.1 Å². The Morgan fingerprint density at radius 1 is 1.35 bits per heavy atom. The van der Waals surface area contributed by atoms with Crippen molar-refractivity contribution in [3.63, 3.8) is 0 Å². The highest BCUT2D eigenvalue weighted by molar-refractivity contribution is 7.18. The van der Waals surface area contributed by atoms with Crippen molar-refractivity contribution in [2.75, 3.05) is 5.32 Å². The molecule has 1 N–H and O–H groups in total. The van der Waals surface area contributed by atoms with Crippen LogP contribution in [0.2, 0.25) is 0 Å². The zero-order valence-corrected chi connectivity index (χ0v) is 11.7. The number of rotatable bonds is 4. The van der Waals surface area contributed by atoms with E-state index in [0.29, 0.717) is 0 Å². The van der Waals surface area contributed by atoms with Crippen molar-refractivity contribution in [2.24, 2.45) is 0 Å². The zero-order valence-electron chi connectivity index (χ0n) is 10.9. The minimum atomic E-state index is 0.0773. The molecule has 0 unspecified atom stereocenters. The lowest BCUT2D eigenvalue weighted by Gasteiger charge is -2.26. The molecule has 2 heterocycles. The summed E-state index contributed by atoms with van der Waals surface area (Å²) in [6.45, 7) is 8.72. The zero-order chi connectivity index (χ0) is 12.5. The maximum atomic E-state index is 4.38. The molecule has 0 bridgehead atoms. The van der Waals surface area contributed by atoms with Crippen LogP contribution in [0.15, 0.2) is 11.7 Å². The van der Waals surface area contributed by atoms with Crippen molar-refractivity contribution >= 4 is 27.4 Å². The van der Waals surface area contributed by atoms with Crippen LogP contribution in [0.3, 0.4) is 0 Å². The number of aryl methyl sites for hydroxylation is 1. The van der Waals surface area contributed by atoms with Crippen molar-refractivity contribution in [1.82, 2.24) is 9.97 Å². The highest BCUT2D eigenvalue weighted by Crippen LogP contribution is 2.30. The average molecular weight is 249 g/mol. The second-order valence-corrected chi connectivity index (χ2v) is 5.96. The van der Waals surface area contributed by atoms with Gasteiger partial charge in [-0.3, -0.25) is 0 Å². The van der Waals surface area contributed by atoms with E-state index in [-0.39, 0.29) is 5.54 Å². The standard InChI is InChI=1S/C13H19N3S/c1-5-6-13(3,4)16-12-11-10(14-8-15-12)9(2)7-17-11/h7-8H,5-6H2,1-4H3,(H,14,15,16). The third-order valence-electron chi connectivity index (χ3n) is 2.86. The normalized spacial score (nSPS) is 12.0. The maximum absolute atomic E-state index is 4.38. The Bertz CT molecular complexity index is 516. The third kappa shape index (κ3) is 2.57.